The van der Waals surface area contributed by atoms with Crippen molar-refractivity contribution >= 4 is 16.9 Å². The number of hydrogen-bond donors (Lipinski definition) is 2. The van der Waals surface area contributed by atoms with E-state index in [9.17, 15) is 15.0 Å². The molecule has 1 aromatic heterocycles. The van der Waals surface area contributed by atoms with Crippen LogP contribution in [0, 0.1) is 0 Å². The highest BCUT2D eigenvalue weighted by Crippen LogP contribution is 2.34. The summed E-state index contributed by atoms with van der Waals surface area (Å²) in [5, 5.41) is 22.8. The van der Waals surface area contributed by atoms with E-state index >= 15 is 0 Å². The second-order valence-corrected chi connectivity index (χ2v) is 6.64. The van der Waals surface area contributed by atoms with E-state index < -0.39 is 18.1 Å². The molecule has 0 aliphatic rings. The van der Waals surface area contributed by atoms with E-state index in [-0.39, 0.29) is 6.54 Å². The Morgan fingerprint density at radius 3 is 2.54 bits per heavy atom. The number of ether oxygens (including phenoxy) is 1. The number of carbonyl (C=O) groups is 1. The first-order valence-corrected chi connectivity index (χ1v) is 9.17. The van der Waals surface area contributed by atoms with Crippen LogP contribution in [0.25, 0.3) is 10.8 Å². The Bertz CT molecular complexity index is 960. The minimum absolute atomic E-state index is 0.169. The number of rotatable bonds is 7. The molecule has 6 heteroatoms. The number of carboxylic acid groups (broad SMARTS) is 1. The highest BCUT2D eigenvalue weighted by atomic mass is 16.5. The van der Waals surface area contributed by atoms with E-state index in [2.05, 4.69) is 4.98 Å². The van der Waals surface area contributed by atoms with E-state index in [0.717, 1.165) is 16.3 Å². The van der Waals surface area contributed by atoms with Crippen molar-refractivity contribution in [1.82, 2.24) is 9.88 Å². The summed E-state index contributed by atoms with van der Waals surface area (Å²) in [6.07, 6.45) is 1.20. The highest BCUT2D eigenvalue weighted by Gasteiger charge is 2.27. The predicted octanol–water partition coefficient (Wildman–Crippen LogP) is 4.06. The average Bonchev–Trinajstić information content (AvgIpc) is 2.73. The third-order valence-corrected chi connectivity index (χ3v) is 4.96. The summed E-state index contributed by atoms with van der Waals surface area (Å²) in [6.45, 7) is 2.29. The molecule has 0 fully saturated rings. The number of nitrogens with zero attached hydrogens (tertiary/aromatic N) is 2. The second-order valence-electron chi connectivity index (χ2n) is 6.64. The van der Waals surface area contributed by atoms with Crippen LogP contribution in [-0.2, 0) is 0 Å². The van der Waals surface area contributed by atoms with Gasteiger partial charge in [0.15, 0.2) is 0 Å². The number of pyridine rings is 1. The van der Waals surface area contributed by atoms with Crippen LogP contribution in [0.5, 0.6) is 5.75 Å². The van der Waals surface area contributed by atoms with Crippen molar-refractivity contribution in [2.24, 2.45) is 0 Å². The second kappa shape index (κ2) is 8.71. The molecule has 0 saturated heterocycles. The highest BCUT2D eigenvalue weighted by molar-refractivity contribution is 5.83. The summed E-state index contributed by atoms with van der Waals surface area (Å²) in [4.78, 5) is 17.0. The number of fused-ring (bicyclic) bond motifs is 1. The van der Waals surface area contributed by atoms with Crippen molar-refractivity contribution in [2.75, 3.05) is 20.2 Å². The Labute approximate surface area is 164 Å². The largest absolute Gasteiger partial charge is 0.495 e. The van der Waals surface area contributed by atoms with Gasteiger partial charge in [-0.15, -0.1) is 0 Å². The number of benzene rings is 2. The molecule has 3 aromatic rings. The van der Waals surface area contributed by atoms with Crippen LogP contribution in [0.3, 0.4) is 0 Å². The van der Waals surface area contributed by atoms with Crippen LogP contribution in [-0.4, -0.2) is 46.4 Å². The van der Waals surface area contributed by atoms with Gasteiger partial charge in [-0.25, -0.2) is 4.79 Å². The normalized spacial score (nSPS) is 13.1. The maximum atomic E-state index is 11.6. The molecule has 0 aliphatic carbocycles. The summed E-state index contributed by atoms with van der Waals surface area (Å²) in [6, 6.07) is 15.6. The van der Waals surface area contributed by atoms with Crippen molar-refractivity contribution in [2.45, 2.75) is 18.9 Å². The molecule has 6 nitrogen and oxygen atoms in total. The first kappa shape index (κ1) is 19.6. The molecule has 1 amide bonds. The van der Waals surface area contributed by atoms with Gasteiger partial charge in [0.1, 0.15) is 5.75 Å². The van der Waals surface area contributed by atoms with Gasteiger partial charge < -0.3 is 19.8 Å². The molecule has 0 radical (unpaired) electrons. The Morgan fingerprint density at radius 1 is 1.11 bits per heavy atom. The van der Waals surface area contributed by atoms with Crippen molar-refractivity contribution in [1.29, 1.82) is 0 Å². The molecule has 0 aliphatic heterocycles. The Kier molecular flexibility index (Phi) is 6.11. The minimum Gasteiger partial charge on any atom is -0.495 e. The molecule has 0 spiro atoms. The van der Waals surface area contributed by atoms with Crippen LogP contribution in [0.4, 0.5) is 4.79 Å². The maximum Gasteiger partial charge on any atom is 0.407 e. The van der Waals surface area contributed by atoms with Crippen molar-refractivity contribution in [3.63, 3.8) is 0 Å². The first-order chi connectivity index (χ1) is 13.5. The fourth-order valence-electron chi connectivity index (χ4n) is 3.35. The van der Waals surface area contributed by atoms with Crippen LogP contribution in [0.15, 0.2) is 60.9 Å². The van der Waals surface area contributed by atoms with Crippen molar-refractivity contribution in [3.8, 4) is 5.75 Å². The molecular weight excluding hydrogens is 356 g/mol. The van der Waals surface area contributed by atoms with E-state index in [4.69, 9.17) is 4.74 Å². The van der Waals surface area contributed by atoms with Gasteiger partial charge in [-0.05, 0) is 29.3 Å². The molecule has 2 N–H and O–H groups in total. The summed E-state index contributed by atoms with van der Waals surface area (Å²) >= 11 is 0. The molecule has 2 aromatic carbocycles. The Balaban J connectivity index is 2.03. The lowest BCUT2D eigenvalue weighted by Gasteiger charge is -2.29. The zero-order chi connectivity index (χ0) is 20.1. The standard InChI is InChI=1S/C22H24N2O4/c1-3-24(22(26)27)14-20(21(25)18-11-19(28-2)13-23-12-18)17-9-8-15-6-4-5-7-16(15)10-17/h4-13,20-21,25H,3,14H2,1-2H3,(H,26,27). The molecule has 0 bridgehead atoms. The fraction of sp³-hybridized carbons (Fsp3) is 0.273. The van der Waals surface area contributed by atoms with Gasteiger partial charge in [0, 0.05) is 30.8 Å². The Morgan fingerprint density at radius 2 is 1.86 bits per heavy atom. The number of aromatic nitrogens is 1. The Hall–Kier alpha value is -3.12. The van der Waals surface area contributed by atoms with E-state index in [1.54, 1.807) is 25.4 Å². The van der Waals surface area contributed by atoms with Crippen LogP contribution in [0.2, 0.25) is 0 Å². The van der Waals surface area contributed by atoms with E-state index in [1.165, 1.54) is 12.0 Å². The van der Waals surface area contributed by atoms with Crippen LogP contribution < -0.4 is 4.74 Å². The van der Waals surface area contributed by atoms with Gasteiger partial charge in [-0.1, -0.05) is 42.5 Å². The monoisotopic (exact) mass is 380 g/mol. The van der Waals surface area contributed by atoms with Gasteiger partial charge in [-0.3, -0.25) is 4.98 Å². The molecule has 2 atom stereocenters. The molecule has 1 heterocycles. The summed E-state index contributed by atoms with van der Waals surface area (Å²) in [5.74, 6) is 0.0916. The average molecular weight is 380 g/mol. The van der Waals surface area contributed by atoms with Gasteiger partial charge in [0.05, 0.1) is 19.4 Å². The van der Waals surface area contributed by atoms with E-state index in [0.29, 0.717) is 17.9 Å². The SMILES string of the molecule is CCN(CC(c1ccc2ccccc2c1)C(O)c1cncc(OC)c1)C(=O)O. The van der Waals surface area contributed by atoms with Gasteiger partial charge in [0.2, 0.25) is 0 Å². The number of aliphatic hydroxyl groups is 1. The number of hydrogen-bond acceptors (Lipinski definition) is 4. The third-order valence-electron chi connectivity index (χ3n) is 4.96. The van der Waals surface area contributed by atoms with Crippen molar-refractivity contribution in [3.05, 3.63) is 72.1 Å². The molecule has 2 unspecified atom stereocenters. The summed E-state index contributed by atoms with van der Waals surface area (Å²) in [7, 11) is 1.54. The van der Waals surface area contributed by atoms with Crippen LogP contribution in [0.1, 0.15) is 30.1 Å². The molecule has 146 valence electrons. The lowest BCUT2D eigenvalue weighted by atomic mass is 9.88. The molecule has 28 heavy (non-hydrogen) atoms. The smallest absolute Gasteiger partial charge is 0.407 e. The zero-order valence-electron chi connectivity index (χ0n) is 15.9. The lowest BCUT2D eigenvalue weighted by Crippen LogP contribution is -2.35. The zero-order valence-corrected chi connectivity index (χ0v) is 15.9. The molecular formula is C22H24N2O4. The molecule has 3 rings (SSSR count). The first-order valence-electron chi connectivity index (χ1n) is 9.17. The lowest BCUT2D eigenvalue weighted by molar-refractivity contribution is 0.106. The number of likely N-dealkylation sites (N-methyl/N-ethyl adjacent to an activating group) is 1. The number of aliphatic hydroxyl groups excluding tert-OH is 1. The fourth-order valence-corrected chi connectivity index (χ4v) is 3.35. The predicted molar refractivity (Wildman–Crippen MR) is 108 cm³/mol. The van der Waals surface area contributed by atoms with Gasteiger partial charge >= 0.3 is 6.09 Å². The summed E-state index contributed by atoms with van der Waals surface area (Å²) < 4.78 is 5.21. The van der Waals surface area contributed by atoms with Crippen molar-refractivity contribution < 1.29 is 19.7 Å². The van der Waals surface area contributed by atoms with Crippen LogP contribution >= 0.6 is 0 Å². The number of methoxy groups -OCH3 is 1. The van der Waals surface area contributed by atoms with Gasteiger partial charge in [-0.2, -0.15) is 0 Å². The molecule has 0 saturated carbocycles. The topological polar surface area (TPSA) is 82.9 Å². The maximum absolute atomic E-state index is 11.6. The minimum atomic E-state index is -1.01. The third kappa shape index (κ3) is 4.23. The number of amides is 1. The van der Waals surface area contributed by atoms with Gasteiger partial charge in [0.25, 0.3) is 0 Å². The summed E-state index contributed by atoms with van der Waals surface area (Å²) in [5.41, 5.74) is 1.45. The quantitative estimate of drug-likeness (QED) is 0.646. The van der Waals surface area contributed by atoms with E-state index in [1.807, 2.05) is 42.5 Å².